The maximum atomic E-state index is 12.0. The smallest absolute Gasteiger partial charge is 0.222 e. The van der Waals surface area contributed by atoms with Crippen LogP contribution in [-0.4, -0.2) is 36.5 Å². The van der Waals surface area contributed by atoms with Gasteiger partial charge in [0, 0.05) is 19.0 Å². The zero-order chi connectivity index (χ0) is 12.0. The van der Waals surface area contributed by atoms with Gasteiger partial charge in [-0.3, -0.25) is 4.79 Å². The molecule has 1 rings (SSSR count). The number of carbonyl (C=O) groups is 1. The fourth-order valence-electron chi connectivity index (χ4n) is 2.47. The normalized spacial score (nSPS) is 17.8. The summed E-state index contributed by atoms with van der Waals surface area (Å²) < 4.78 is 0. The van der Waals surface area contributed by atoms with Crippen LogP contribution >= 0.6 is 0 Å². The molecule has 0 atom stereocenters. The molecule has 0 aromatic carbocycles. The maximum Gasteiger partial charge on any atom is 0.222 e. The maximum absolute atomic E-state index is 12.0. The first-order chi connectivity index (χ1) is 7.65. The average Bonchev–Trinajstić information content (AvgIpc) is 2.28. The molecule has 1 fully saturated rings. The summed E-state index contributed by atoms with van der Waals surface area (Å²) in [5, 5.41) is 3.36. The van der Waals surface area contributed by atoms with Crippen molar-refractivity contribution in [1.29, 1.82) is 0 Å². The van der Waals surface area contributed by atoms with Gasteiger partial charge in [-0.15, -0.1) is 0 Å². The molecule has 3 heteroatoms. The zero-order valence-corrected chi connectivity index (χ0v) is 11.0. The largest absolute Gasteiger partial charge is 0.341 e. The minimum Gasteiger partial charge on any atom is -0.341 e. The highest BCUT2D eigenvalue weighted by molar-refractivity contribution is 5.76. The molecule has 1 aliphatic rings. The second-order valence-electron chi connectivity index (χ2n) is 5.01. The third-order valence-electron chi connectivity index (χ3n) is 3.51. The SMILES string of the molecule is CCN(C(=O)CCC1CCNCC1)C(C)C. The van der Waals surface area contributed by atoms with E-state index in [1.807, 2.05) is 4.90 Å². The summed E-state index contributed by atoms with van der Waals surface area (Å²) in [5.41, 5.74) is 0. The molecule has 1 amide bonds. The third kappa shape index (κ3) is 4.12. The minimum absolute atomic E-state index is 0.330. The fraction of sp³-hybridized carbons (Fsp3) is 0.923. The second-order valence-corrected chi connectivity index (χ2v) is 5.01. The zero-order valence-electron chi connectivity index (χ0n) is 11.0. The molecule has 1 N–H and O–H groups in total. The number of nitrogens with zero attached hydrogens (tertiary/aromatic N) is 1. The summed E-state index contributed by atoms with van der Waals surface area (Å²) in [6.45, 7) is 9.32. The van der Waals surface area contributed by atoms with Gasteiger partial charge in [0.05, 0.1) is 0 Å². The first kappa shape index (κ1) is 13.5. The molecule has 0 unspecified atom stereocenters. The molecule has 0 aliphatic carbocycles. The van der Waals surface area contributed by atoms with Crippen LogP contribution in [0.4, 0.5) is 0 Å². The lowest BCUT2D eigenvalue weighted by atomic mass is 9.93. The van der Waals surface area contributed by atoms with Crippen LogP contribution < -0.4 is 5.32 Å². The van der Waals surface area contributed by atoms with E-state index >= 15 is 0 Å². The highest BCUT2D eigenvalue weighted by atomic mass is 16.2. The van der Waals surface area contributed by atoms with Crippen molar-refractivity contribution in [1.82, 2.24) is 10.2 Å². The quantitative estimate of drug-likeness (QED) is 0.778. The molecule has 0 bridgehead atoms. The molecule has 0 aromatic rings. The molecule has 0 aromatic heterocycles. The van der Waals surface area contributed by atoms with Crippen LogP contribution in [-0.2, 0) is 4.79 Å². The highest BCUT2D eigenvalue weighted by Crippen LogP contribution is 2.18. The van der Waals surface area contributed by atoms with E-state index in [-0.39, 0.29) is 0 Å². The Balaban J connectivity index is 2.27. The summed E-state index contributed by atoms with van der Waals surface area (Å²) in [5.74, 6) is 1.09. The lowest BCUT2D eigenvalue weighted by Gasteiger charge is -2.27. The van der Waals surface area contributed by atoms with Crippen LogP contribution in [0.5, 0.6) is 0 Å². The van der Waals surface area contributed by atoms with Crippen LogP contribution in [0.15, 0.2) is 0 Å². The summed E-state index contributed by atoms with van der Waals surface area (Å²) in [6.07, 6.45) is 4.28. The fourth-order valence-corrected chi connectivity index (χ4v) is 2.47. The Labute approximate surface area is 99.6 Å². The molecule has 1 aliphatic heterocycles. The number of nitrogens with one attached hydrogen (secondary N) is 1. The lowest BCUT2D eigenvalue weighted by molar-refractivity contribution is -0.133. The van der Waals surface area contributed by atoms with Crippen LogP contribution in [0, 0.1) is 5.92 Å². The van der Waals surface area contributed by atoms with Gasteiger partial charge in [0.25, 0.3) is 0 Å². The summed E-state index contributed by atoms with van der Waals surface area (Å²) in [7, 11) is 0. The molecular formula is C13H26N2O. The topological polar surface area (TPSA) is 32.3 Å². The molecule has 1 saturated heterocycles. The molecule has 94 valence electrons. The van der Waals surface area contributed by atoms with E-state index in [0.717, 1.165) is 38.4 Å². The van der Waals surface area contributed by atoms with E-state index in [4.69, 9.17) is 0 Å². The van der Waals surface area contributed by atoms with Crippen molar-refractivity contribution in [2.24, 2.45) is 5.92 Å². The molecule has 0 saturated carbocycles. The predicted molar refractivity (Wildman–Crippen MR) is 67.4 cm³/mol. The Kier molecular flexibility index (Phi) is 5.81. The number of rotatable bonds is 5. The van der Waals surface area contributed by atoms with Crippen molar-refractivity contribution in [3.63, 3.8) is 0 Å². The van der Waals surface area contributed by atoms with E-state index in [9.17, 15) is 4.79 Å². The lowest BCUT2D eigenvalue weighted by Crippen LogP contribution is -2.37. The van der Waals surface area contributed by atoms with Crippen LogP contribution in [0.25, 0.3) is 0 Å². The van der Waals surface area contributed by atoms with Crippen molar-refractivity contribution < 1.29 is 4.79 Å². The Morgan fingerprint density at radius 2 is 2.00 bits per heavy atom. The standard InChI is InChI=1S/C13H26N2O/c1-4-15(11(2)3)13(16)6-5-12-7-9-14-10-8-12/h11-12,14H,4-10H2,1-3H3. The van der Waals surface area contributed by atoms with E-state index in [1.54, 1.807) is 0 Å². The van der Waals surface area contributed by atoms with E-state index in [0.29, 0.717) is 11.9 Å². The molecule has 0 spiro atoms. The van der Waals surface area contributed by atoms with E-state index < -0.39 is 0 Å². The van der Waals surface area contributed by atoms with Gasteiger partial charge in [0.1, 0.15) is 0 Å². The van der Waals surface area contributed by atoms with Crippen LogP contribution in [0.2, 0.25) is 0 Å². The molecule has 0 radical (unpaired) electrons. The van der Waals surface area contributed by atoms with Gasteiger partial charge >= 0.3 is 0 Å². The predicted octanol–water partition coefficient (Wildman–Crippen LogP) is 2.02. The Hall–Kier alpha value is -0.570. The van der Waals surface area contributed by atoms with Crippen molar-refractivity contribution in [3.8, 4) is 0 Å². The molecule has 3 nitrogen and oxygen atoms in total. The first-order valence-electron chi connectivity index (χ1n) is 6.65. The van der Waals surface area contributed by atoms with Gasteiger partial charge in [-0.25, -0.2) is 0 Å². The summed E-state index contributed by atoms with van der Waals surface area (Å²) in [4.78, 5) is 13.9. The number of amides is 1. The number of piperidine rings is 1. The number of hydrogen-bond acceptors (Lipinski definition) is 2. The van der Waals surface area contributed by atoms with Crippen molar-refractivity contribution in [2.75, 3.05) is 19.6 Å². The summed E-state index contributed by atoms with van der Waals surface area (Å²) in [6, 6.07) is 0.338. The third-order valence-corrected chi connectivity index (χ3v) is 3.51. The van der Waals surface area contributed by atoms with Crippen LogP contribution in [0.3, 0.4) is 0 Å². The second kappa shape index (κ2) is 6.89. The van der Waals surface area contributed by atoms with Crippen molar-refractivity contribution >= 4 is 5.91 Å². The van der Waals surface area contributed by atoms with E-state index in [1.165, 1.54) is 12.8 Å². The Morgan fingerprint density at radius 1 is 1.38 bits per heavy atom. The van der Waals surface area contributed by atoms with Crippen molar-refractivity contribution in [3.05, 3.63) is 0 Å². The van der Waals surface area contributed by atoms with Gasteiger partial charge in [0.15, 0.2) is 0 Å². The Bertz CT molecular complexity index is 210. The molecule has 1 heterocycles. The Morgan fingerprint density at radius 3 is 2.50 bits per heavy atom. The van der Waals surface area contributed by atoms with Crippen LogP contribution in [0.1, 0.15) is 46.5 Å². The van der Waals surface area contributed by atoms with Gasteiger partial charge in [-0.05, 0) is 59.0 Å². The van der Waals surface area contributed by atoms with Gasteiger partial charge in [-0.2, -0.15) is 0 Å². The van der Waals surface area contributed by atoms with Gasteiger partial charge in [0.2, 0.25) is 5.91 Å². The number of carbonyl (C=O) groups excluding carboxylic acids is 1. The van der Waals surface area contributed by atoms with Gasteiger partial charge in [-0.1, -0.05) is 0 Å². The summed E-state index contributed by atoms with van der Waals surface area (Å²) >= 11 is 0. The van der Waals surface area contributed by atoms with E-state index in [2.05, 4.69) is 26.1 Å². The first-order valence-corrected chi connectivity index (χ1v) is 6.65. The highest BCUT2D eigenvalue weighted by Gasteiger charge is 2.18. The van der Waals surface area contributed by atoms with Gasteiger partial charge < -0.3 is 10.2 Å². The minimum atomic E-state index is 0.330. The number of hydrogen-bond donors (Lipinski definition) is 1. The van der Waals surface area contributed by atoms with Crippen molar-refractivity contribution in [2.45, 2.75) is 52.5 Å². The average molecular weight is 226 g/mol. The monoisotopic (exact) mass is 226 g/mol. The molecule has 16 heavy (non-hydrogen) atoms. The molecular weight excluding hydrogens is 200 g/mol.